The molecule has 1 aliphatic rings. The van der Waals surface area contributed by atoms with Gasteiger partial charge in [0.25, 0.3) is 0 Å². The number of halogens is 1. The Morgan fingerprint density at radius 2 is 1.89 bits per heavy atom. The molecule has 102 valence electrons. The van der Waals surface area contributed by atoms with Crippen LogP contribution in [0.25, 0.3) is 0 Å². The molecule has 4 heteroatoms. The molecule has 0 atom stereocenters. The van der Waals surface area contributed by atoms with E-state index >= 15 is 0 Å². The Morgan fingerprint density at radius 3 is 2.44 bits per heavy atom. The third kappa shape index (κ3) is 4.71. The van der Waals surface area contributed by atoms with Crippen molar-refractivity contribution in [2.45, 2.75) is 36.8 Å². The average Bonchev–Trinajstić information content (AvgIpc) is 2.38. The lowest BCUT2D eigenvalue weighted by molar-refractivity contribution is 0.282. The predicted octanol–water partition coefficient (Wildman–Crippen LogP) is 4.13. The van der Waals surface area contributed by atoms with E-state index in [0.29, 0.717) is 5.25 Å². The Hall–Kier alpha value is -0.380. The summed E-state index contributed by atoms with van der Waals surface area (Å²) in [6, 6.07) is 5.78. The van der Waals surface area contributed by atoms with Crippen LogP contribution in [0.15, 0.2) is 23.1 Å². The van der Waals surface area contributed by atoms with E-state index in [9.17, 15) is 0 Å². The molecule has 1 fully saturated rings. The van der Waals surface area contributed by atoms with Gasteiger partial charge >= 0.3 is 0 Å². The Bertz CT molecular complexity index is 363. The highest BCUT2D eigenvalue weighted by Gasteiger charge is 2.18. The summed E-state index contributed by atoms with van der Waals surface area (Å²) in [6.45, 7) is 6.37. The minimum Gasteiger partial charge on any atom is -0.399 e. The average molecular weight is 287 g/mol. The van der Waals surface area contributed by atoms with Crippen molar-refractivity contribution in [3.05, 3.63) is 23.2 Å². The zero-order chi connectivity index (χ0) is 13.5. The number of benzene rings is 1. The molecule has 0 bridgehead atoms. The summed E-state index contributed by atoms with van der Waals surface area (Å²) in [6.07, 6.45) is 2.48. The van der Waals surface area contributed by atoms with Gasteiger partial charge in [-0.25, -0.2) is 0 Å². The van der Waals surface area contributed by atoms with Gasteiger partial charge in [0, 0.05) is 15.8 Å². The number of rotatable bonds is 2. The van der Waals surface area contributed by atoms with Crippen LogP contribution in [0.1, 0.15) is 26.7 Å². The first-order chi connectivity index (χ1) is 8.65. The Labute approximate surface area is 120 Å². The molecule has 1 aliphatic heterocycles. The maximum atomic E-state index is 6.17. The topological polar surface area (TPSA) is 29.3 Å². The lowest BCUT2D eigenvalue weighted by atomic mass is 10.1. The zero-order valence-electron chi connectivity index (χ0n) is 11.4. The minimum atomic E-state index is 0.692. The van der Waals surface area contributed by atoms with Crippen LogP contribution < -0.4 is 5.73 Å². The molecule has 0 spiro atoms. The van der Waals surface area contributed by atoms with Gasteiger partial charge in [-0.3, -0.25) is 0 Å². The Morgan fingerprint density at radius 1 is 1.28 bits per heavy atom. The molecule has 0 aromatic heterocycles. The summed E-state index contributed by atoms with van der Waals surface area (Å²) in [5.74, 6) is 0. The molecule has 1 aromatic rings. The van der Waals surface area contributed by atoms with Crippen LogP contribution in [0.4, 0.5) is 5.69 Å². The summed E-state index contributed by atoms with van der Waals surface area (Å²) >= 11 is 8.05. The highest BCUT2D eigenvalue weighted by Crippen LogP contribution is 2.35. The molecular formula is C14H23ClN2S. The van der Waals surface area contributed by atoms with E-state index < -0.39 is 0 Å². The van der Waals surface area contributed by atoms with Crippen molar-refractivity contribution in [2.75, 3.05) is 25.9 Å². The number of nitrogens with zero attached hydrogens (tertiary/aromatic N) is 1. The molecule has 0 amide bonds. The largest absolute Gasteiger partial charge is 0.399 e. The molecule has 0 saturated carbocycles. The number of hydrogen-bond acceptors (Lipinski definition) is 3. The van der Waals surface area contributed by atoms with E-state index in [2.05, 4.69) is 11.9 Å². The second kappa shape index (κ2) is 7.93. The highest BCUT2D eigenvalue weighted by molar-refractivity contribution is 8.00. The van der Waals surface area contributed by atoms with Crippen LogP contribution in [-0.2, 0) is 0 Å². The molecule has 18 heavy (non-hydrogen) atoms. The number of nitrogens with two attached hydrogens (primary N) is 1. The minimum absolute atomic E-state index is 0.692. The molecule has 2 nitrogen and oxygen atoms in total. The maximum Gasteiger partial charge on any atom is 0.0562 e. The standard InChI is InChI=1S/C12H17ClN2S.C2H6/c1-15-6-4-10(5-7-15)16-12-3-2-9(14)8-11(12)13;1-2/h2-3,8,10H,4-7,14H2,1H3;1-2H3. The van der Waals surface area contributed by atoms with Gasteiger partial charge < -0.3 is 10.6 Å². The van der Waals surface area contributed by atoms with E-state index in [-0.39, 0.29) is 0 Å². The lowest BCUT2D eigenvalue weighted by Gasteiger charge is -2.28. The van der Waals surface area contributed by atoms with Gasteiger partial charge in [-0.15, -0.1) is 11.8 Å². The monoisotopic (exact) mass is 286 g/mol. The van der Waals surface area contributed by atoms with E-state index in [1.165, 1.54) is 25.9 Å². The fourth-order valence-electron chi connectivity index (χ4n) is 1.89. The first kappa shape index (κ1) is 15.7. The van der Waals surface area contributed by atoms with Crippen LogP contribution in [0, 0.1) is 0 Å². The second-order valence-electron chi connectivity index (χ2n) is 4.31. The highest BCUT2D eigenvalue weighted by atomic mass is 35.5. The van der Waals surface area contributed by atoms with Crippen LogP contribution in [0.2, 0.25) is 5.02 Å². The third-order valence-corrected chi connectivity index (χ3v) is 4.75. The van der Waals surface area contributed by atoms with Crippen molar-refractivity contribution in [2.24, 2.45) is 0 Å². The van der Waals surface area contributed by atoms with E-state index in [4.69, 9.17) is 17.3 Å². The molecule has 2 rings (SSSR count). The molecule has 0 aliphatic carbocycles. The van der Waals surface area contributed by atoms with Crippen LogP contribution in [0.3, 0.4) is 0 Å². The predicted molar refractivity (Wildman–Crippen MR) is 83.6 cm³/mol. The van der Waals surface area contributed by atoms with Crippen molar-refractivity contribution in [1.29, 1.82) is 0 Å². The van der Waals surface area contributed by atoms with E-state index in [1.807, 2.05) is 43.8 Å². The number of nitrogen functional groups attached to an aromatic ring is 1. The van der Waals surface area contributed by atoms with Crippen LogP contribution in [-0.4, -0.2) is 30.3 Å². The summed E-state index contributed by atoms with van der Waals surface area (Å²) < 4.78 is 0. The van der Waals surface area contributed by atoms with Gasteiger partial charge in [-0.1, -0.05) is 25.4 Å². The third-order valence-electron chi connectivity index (χ3n) is 2.92. The molecule has 0 unspecified atom stereocenters. The van der Waals surface area contributed by atoms with Gasteiger partial charge in [-0.05, 0) is 51.2 Å². The number of likely N-dealkylation sites (tertiary alicyclic amines) is 1. The first-order valence-corrected chi connectivity index (χ1v) is 7.81. The second-order valence-corrected chi connectivity index (χ2v) is 6.06. The Kier molecular flexibility index (Phi) is 6.90. The summed E-state index contributed by atoms with van der Waals surface area (Å²) in [5, 5.41) is 1.47. The maximum absolute atomic E-state index is 6.17. The summed E-state index contributed by atoms with van der Waals surface area (Å²) in [5.41, 5.74) is 6.41. The number of piperidine rings is 1. The molecular weight excluding hydrogens is 264 g/mol. The van der Waals surface area contributed by atoms with Gasteiger partial charge in [0.2, 0.25) is 0 Å². The smallest absolute Gasteiger partial charge is 0.0562 e. The molecule has 1 saturated heterocycles. The summed E-state index contributed by atoms with van der Waals surface area (Å²) in [4.78, 5) is 3.53. The zero-order valence-corrected chi connectivity index (χ0v) is 13.0. The lowest BCUT2D eigenvalue weighted by Crippen LogP contribution is -2.31. The fraction of sp³-hybridized carbons (Fsp3) is 0.571. The number of hydrogen-bond donors (Lipinski definition) is 1. The van der Waals surface area contributed by atoms with E-state index in [0.717, 1.165) is 15.6 Å². The number of anilines is 1. The van der Waals surface area contributed by atoms with Crippen molar-refractivity contribution in [3.63, 3.8) is 0 Å². The van der Waals surface area contributed by atoms with Gasteiger partial charge in [-0.2, -0.15) is 0 Å². The van der Waals surface area contributed by atoms with Gasteiger partial charge in [0.1, 0.15) is 0 Å². The number of thioether (sulfide) groups is 1. The molecule has 1 aromatic carbocycles. The van der Waals surface area contributed by atoms with Crippen LogP contribution >= 0.6 is 23.4 Å². The molecule has 0 radical (unpaired) electrons. The normalized spacial score (nSPS) is 17.1. The van der Waals surface area contributed by atoms with Crippen molar-refractivity contribution >= 4 is 29.1 Å². The van der Waals surface area contributed by atoms with Gasteiger partial charge in [0.05, 0.1) is 5.02 Å². The van der Waals surface area contributed by atoms with Crippen LogP contribution in [0.5, 0.6) is 0 Å². The Balaban J connectivity index is 0.000000771. The molecule has 2 N–H and O–H groups in total. The molecule has 1 heterocycles. The van der Waals surface area contributed by atoms with Gasteiger partial charge in [0.15, 0.2) is 0 Å². The van der Waals surface area contributed by atoms with E-state index in [1.54, 1.807) is 0 Å². The van der Waals surface area contributed by atoms with Crippen molar-refractivity contribution in [3.8, 4) is 0 Å². The van der Waals surface area contributed by atoms with Crippen molar-refractivity contribution < 1.29 is 0 Å². The first-order valence-electron chi connectivity index (χ1n) is 6.55. The fourth-order valence-corrected chi connectivity index (χ4v) is 3.34. The van der Waals surface area contributed by atoms with Crippen molar-refractivity contribution in [1.82, 2.24) is 4.90 Å². The SMILES string of the molecule is CC.CN1CCC(Sc2ccc(N)cc2Cl)CC1. The summed E-state index contributed by atoms with van der Waals surface area (Å²) in [7, 11) is 2.18. The quantitative estimate of drug-likeness (QED) is 0.829.